The van der Waals surface area contributed by atoms with Gasteiger partial charge in [0.05, 0.1) is 6.04 Å². The van der Waals surface area contributed by atoms with Crippen LogP contribution in [-0.4, -0.2) is 30.3 Å². The molecule has 1 aromatic rings. The number of nitrogens with one attached hydrogen (secondary N) is 2. The summed E-state index contributed by atoms with van der Waals surface area (Å²) in [5, 5.41) is 6.36. The summed E-state index contributed by atoms with van der Waals surface area (Å²) in [5.74, 6) is 0.743. The lowest BCUT2D eigenvalue weighted by molar-refractivity contribution is -0.126. The van der Waals surface area contributed by atoms with Gasteiger partial charge in [-0.15, -0.1) is 0 Å². The Kier molecular flexibility index (Phi) is 4.34. The van der Waals surface area contributed by atoms with Crippen molar-refractivity contribution in [2.75, 3.05) is 6.54 Å². The molecule has 0 radical (unpaired) electrons. The second-order valence-electron chi connectivity index (χ2n) is 6.14. The van der Waals surface area contributed by atoms with Gasteiger partial charge in [0, 0.05) is 24.9 Å². The Morgan fingerprint density at radius 1 is 1.19 bits per heavy atom. The third-order valence-corrected chi connectivity index (χ3v) is 4.33. The molecule has 4 nitrogen and oxygen atoms in total. The number of hydrogen-bond acceptors (Lipinski definition) is 3. The number of ketones is 1. The maximum absolute atomic E-state index is 12.1. The summed E-state index contributed by atoms with van der Waals surface area (Å²) in [7, 11) is 0. The zero-order valence-corrected chi connectivity index (χ0v) is 12.2. The zero-order valence-electron chi connectivity index (χ0n) is 12.2. The first-order valence-corrected chi connectivity index (χ1v) is 7.83. The van der Waals surface area contributed by atoms with Gasteiger partial charge in [0.25, 0.3) is 0 Å². The fraction of sp³-hybridized carbons (Fsp3) is 0.529. The highest BCUT2D eigenvalue weighted by Crippen LogP contribution is 2.31. The molecule has 1 saturated carbocycles. The van der Waals surface area contributed by atoms with E-state index < -0.39 is 0 Å². The van der Waals surface area contributed by atoms with Gasteiger partial charge in [-0.2, -0.15) is 0 Å². The summed E-state index contributed by atoms with van der Waals surface area (Å²) >= 11 is 0. The van der Waals surface area contributed by atoms with Gasteiger partial charge in [0.15, 0.2) is 0 Å². The summed E-state index contributed by atoms with van der Waals surface area (Å²) < 4.78 is 0. The van der Waals surface area contributed by atoms with Gasteiger partial charge in [0.1, 0.15) is 5.78 Å². The lowest BCUT2D eigenvalue weighted by Gasteiger charge is -2.30. The van der Waals surface area contributed by atoms with Crippen molar-refractivity contribution in [1.29, 1.82) is 0 Å². The molecule has 2 fully saturated rings. The molecule has 0 unspecified atom stereocenters. The minimum absolute atomic E-state index is 0.0500. The van der Waals surface area contributed by atoms with Crippen LogP contribution in [0.25, 0.3) is 0 Å². The van der Waals surface area contributed by atoms with Gasteiger partial charge in [0.2, 0.25) is 5.91 Å². The molecule has 1 aromatic carbocycles. The largest absolute Gasteiger partial charge is 0.351 e. The first-order chi connectivity index (χ1) is 10.2. The van der Waals surface area contributed by atoms with Gasteiger partial charge in [-0.3, -0.25) is 9.59 Å². The Hall–Kier alpha value is -1.68. The minimum atomic E-state index is -0.164. The average Bonchev–Trinajstić information content (AvgIpc) is 3.33. The van der Waals surface area contributed by atoms with Crippen LogP contribution in [0.15, 0.2) is 30.3 Å². The molecule has 2 atom stereocenters. The highest BCUT2D eigenvalue weighted by molar-refractivity contribution is 5.84. The summed E-state index contributed by atoms with van der Waals surface area (Å²) in [5.41, 5.74) is 1.16. The smallest absolute Gasteiger partial charge is 0.237 e. The van der Waals surface area contributed by atoms with Crippen molar-refractivity contribution in [3.8, 4) is 0 Å². The van der Waals surface area contributed by atoms with E-state index in [-0.39, 0.29) is 18.0 Å². The van der Waals surface area contributed by atoms with Crippen molar-refractivity contribution in [1.82, 2.24) is 10.6 Å². The molecule has 0 spiro atoms. The van der Waals surface area contributed by atoms with Crippen LogP contribution in [0.5, 0.6) is 0 Å². The molecule has 1 aliphatic heterocycles. The minimum Gasteiger partial charge on any atom is -0.351 e. The number of Topliss-reactive ketones (excluding diaryl/α,β-unsaturated/α-hetero) is 1. The average molecular weight is 286 g/mol. The second kappa shape index (κ2) is 6.39. The number of rotatable bonds is 6. The van der Waals surface area contributed by atoms with Crippen LogP contribution in [0.3, 0.4) is 0 Å². The van der Waals surface area contributed by atoms with E-state index in [1.807, 2.05) is 30.3 Å². The topological polar surface area (TPSA) is 58.2 Å². The molecular formula is C17H22N2O2. The summed E-state index contributed by atoms with van der Waals surface area (Å²) in [4.78, 5) is 23.8. The predicted molar refractivity (Wildman–Crippen MR) is 80.8 cm³/mol. The van der Waals surface area contributed by atoms with Crippen LogP contribution in [0.1, 0.15) is 31.2 Å². The molecule has 0 bridgehead atoms. The molecule has 1 heterocycles. The molecule has 0 aromatic heterocycles. The van der Waals surface area contributed by atoms with Crippen molar-refractivity contribution in [2.24, 2.45) is 5.92 Å². The lowest BCUT2D eigenvalue weighted by Crippen LogP contribution is -2.59. The highest BCUT2D eigenvalue weighted by atomic mass is 16.2. The maximum atomic E-state index is 12.1. The Labute approximate surface area is 125 Å². The van der Waals surface area contributed by atoms with Crippen molar-refractivity contribution >= 4 is 11.7 Å². The Balaban J connectivity index is 1.45. The van der Waals surface area contributed by atoms with Crippen molar-refractivity contribution in [3.05, 3.63) is 35.9 Å². The zero-order chi connectivity index (χ0) is 14.7. The molecule has 112 valence electrons. The molecule has 3 rings (SSSR count). The molecule has 1 aliphatic carbocycles. The number of amides is 1. The van der Waals surface area contributed by atoms with Gasteiger partial charge >= 0.3 is 0 Å². The fourth-order valence-corrected chi connectivity index (χ4v) is 2.84. The molecule has 1 saturated heterocycles. The number of benzene rings is 1. The fourth-order valence-electron chi connectivity index (χ4n) is 2.84. The van der Waals surface area contributed by atoms with Crippen LogP contribution in [0.2, 0.25) is 0 Å². The van der Waals surface area contributed by atoms with E-state index >= 15 is 0 Å². The van der Waals surface area contributed by atoms with E-state index in [9.17, 15) is 9.59 Å². The van der Waals surface area contributed by atoms with E-state index in [1.54, 1.807) is 0 Å². The van der Waals surface area contributed by atoms with Gasteiger partial charge < -0.3 is 10.6 Å². The standard InChI is InChI=1S/C17H22N2O2/c20-16(13-6-7-13)9-8-14-11-18-15(17(21)19-14)10-12-4-2-1-3-5-12/h1-5,13-15,18H,6-11H2,(H,19,21)/t14-,15-/m0/s1. The Morgan fingerprint density at radius 2 is 1.95 bits per heavy atom. The first kappa shape index (κ1) is 14.3. The number of piperazine rings is 1. The van der Waals surface area contributed by atoms with Crippen LogP contribution >= 0.6 is 0 Å². The van der Waals surface area contributed by atoms with Gasteiger partial charge in [-0.25, -0.2) is 0 Å². The van der Waals surface area contributed by atoms with Crippen molar-refractivity contribution in [3.63, 3.8) is 0 Å². The van der Waals surface area contributed by atoms with Crippen LogP contribution in [0.4, 0.5) is 0 Å². The molecule has 4 heteroatoms. The van der Waals surface area contributed by atoms with E-state index in [2.05, 4.69) is 10.6 Å². The van der Waals surface area contributed by atoms with Crippen molar-refractivity contribution in [2.45, 2.75) is 44.2 Å². The number of carbonyl (C=O) groups excluding carboxylic acids is 2. The van der Waals surface area contributed by atoms with Crippen LogP contribution in [-0.2, 0) is 16.0 Å². The molecule has 1 amide bonds. The maximum Gasteiger partial charge on any atom is 0.237 e. The number of hydrogen-bond donors (Lipinski definition) is 2. The molecule has 21 heavy (non-hydrogen) atoms. The van der Waals surface area contributed by atoms with Gasteiger partial charge in [-0.1, -0.05) is 30.3 Å². The molecular weight excluding hydrogens is 264 g/mol. The highest BCUT2D eigenvalue weighted by Gasteiger charge is 2.31. The van der Waals surface area contributed by atoms with Crippen LogP contribution in [0, 0.1) is 5.92 Å². The van der Waals surface area contributed by atoms with Crippen LogP contribution < -0.4 is 10.6 Å². The molecule has 2 N–H and O–H groups in total. The predicted octanol–water partition coefficient (Wildman–Crippen LogP) is 1.44. The number of carbonyl (C=O) groups is 2. The summed E-state index contributed by atoms with van der Waals surface area (Å²) in [6.45, 7) is 0.751. The van der Waals surface area contributed by atoms with Crippen molar-refractivity contribution < 1.29 is 9.59 Å². The summed E-state index contributed by atoms with van der Waals surface area (Å²) in [6.07, 6.45) is 4.19. The normalized spacial score (nSPS) is 25.4. The molecule has 2 aliphatic rings. The van der Waals surface area contributed by atoms with E-state index in [4.69, 9.17) is 0 Å². The lowest BCUT2D eigenvalue weighted by atomic mass is 9.99. The second-order valence-corrected chi connectivity index (χ2v) is 6.14. The third-order valence-electron chi connectivity index (χ3n) is 4.33. The Morgan fingerprint density at radius 3 is 2.62 bits per heavy atom. The Bertz CT molecular complexity index is 511. The van der Waals surface area contributed by atoms with E-state index in [0.29, 0.717) is 24.5 Å². The first-order valence-electron chi connectivity index (χ1n) is 7.83. The van der Waals surface area contributed by atoms with E-state index in [1.165, 1.54) is 0 Å². The quantitative estimate of drug-likeness (QED) is 0.832. The van der Waals surface area contributed by atoms with Gasteiger partial charge in [-0.05, 0) is 31.2 Å². The SMILES string of the molecule is O=C(CC[C@H]1CN[C@@H](Cc2ccccc2)C(=O)N1)C1CC1. The summed E-state index contributed by atoms with van der Waals surface area (Å²) in [6, 6.07) is 9.95. The monoisotopic (exact) mass is 286 g/mol. The third kappa shape index (κ3) is 3.91. The van der Waals surface area contributed by atoms with E-state index in [0.717, 1.165) is 31.4 Å².